The van der Waals surface area contributed by atoms with Crippen molar-refractivity contribution >= 4 is 0 Å². The van der Waals surface area contributed by atoms with Crippen LogP contribution in [-0.4, -0.2) is 10.2 Å². The van der Waals surface area contributed by atoms with E-state index in [2.05, 4.69) is 10.2 Å². The highest BCUT2D eigenvalue weighted by atomic mass is 19.1. The number of rotatable bonds is 1. The molecular formula is C9H7FN2O. The van der Waals surface area contributed by atoms with Crippen LogP contribution in [0.3, 0.4) is 0 Å². The zero-order valence-corrected chi connectivity index (χ0v) is 6.99. The Morgan fingerprint density at radius 3 is 2.85 bits per heavy atom. The molecule has 0 saturated carbocycles. The van der Waals surface area contributed by atoms with Crippen molar-refractivity contribution in [2.75, 3.05) is 0 Å². The quantitative estimate of drug-likeness (QED) is 0.671. The Bertz CT molecular complexity index is 412. The number of hydrogen-bond acceptors (Lipinski definition) is 3. The van der Waals surface area contributed by atoms with E-state index in [0.717, 1.165) is 5.56 Å². The summed E-state index contributed by atoms with van der Waals surface area (Å²) in [5.74, 6) is 0.173. The molecular weight excluding hydrogens is 171 g/mol. The van der Waals surface area contributed by atoms with Crippen LogP contribution in [-0.2, 0) is 0 Å². The third-order valence-electron chi connectivity index (χ3n) is 1.76. The number of nitrogens with zero attached hydrogens (tertiary/aromatic N) is 2. The highest BCUT2D eigenvalue weighted by Crippen LogP contribution is 2.18. The van der Waals surface area contributed by atoms with E-state index < -0.39 is 0 Å². The second-order valence-corrected chi connectivity index (χ2v) is 2.71. The summed E-state index contributed by atoms with van der Waals surface area (Å²) in [6.07, 6.45) is 1.24. The molecule has 1 aromatic heterocycles. The van der Waals surface area contributed by atoms with Crippen LogP contribution in [0.4, 0.5) is 4.39 Å². The maximum atomic E-state index is 12.9. The van der Waals surface area contributed by atoms with Crippen LogP contribution in [0.1, 0.15) is 5.56 Å². The molecule has 0 amide bonds. The minimum atomic E-state index is -0.233. The lowest BCUT2D eigenvalue weighted by Crippen LogP contribution is -1.84. The van der Waals surface area contributed by atoms with Crippen molar-refractivity contribution in [2.24, 2.45) is 0 Å². The Kier molecular flexibility index (Phi) is 1.81. The first-order valence-electron chi connectivity index (χ1n) is 3.80. The molecule has 0 radical (unpaired) electrons. The van der Waals surface area contributed by atoms with Crippen molar-refractivity contribution in [2.45, 2.75) is 6.92 Å². The molecule has 0 aliphatic heterocycles. The number of benzene rings is 1. The van der Waals surface area contributed by atoms with E-state index in [0.29, 0.717) is 11.5 Å². The molecule has 13 heavy (non-hydrogen) atoms. The van der Waals surface area contributed by atoms with Gasteiger partial charge in [0, 0.05) is 5.56 Å². The molecule has 1 aromatic carbocycles. The Balaban J connectivity index is 2.49. The van der Waals surface area contributed by atoms with E-state index in [9.17, 15) is 4.39 Å². The van der Waals surface area contributed by atoms with Gasteiger partial charge in [0.05, 0.1) is 0 Å². The maximum absolute atomic E-state index is 12.9. The summed E-state index contributed by atoms with van der Waals surface area (Å²) in [6.45, 7) is 1.69. The van der Waals surface area contributed by atoms with Crippen molar-refractivity contribution in [3.05, 3.63) is 36.0 Å². The maximum Gasteiger partial charge on any atom is 0.247 e. The minimum Gasteiger partial charge on any atom is -0.423 e. The normalized spacial score (nSPS) is 10.3. The predicted molar refractivity (Wildman–Crippen MR) is 44.4 cm³/mol. The molecule has 0 N–H and O–H groups in total. The minimum absolute atomic E-state index is 0.233. The van der Waals surface area contributed by atoms with Crippen LogP contribution in [0.5, 0.6) is 0 Å². The fraction of sp³-hybridized carbons (Fsp3) is 0.111. The molecule has 3 nitrogen and oxygen atoms in total. The molecule has 4 heteroatoms. The summed E-state index contributed by atoms with van der Waals surface area (Å²) < 4.78 is 17.8. The lowest BCUT2D eigenvalue weighted by atomic mass is 10.1. The van der Waals surface area contributed by atoms with E-state index in [4.69, 9.17) is 4.42 Å². The van der Waals surface area contributed by atoms with Crippen molar-refractivity contribution in [1.82, 2.24) is 10.2 Å². The summed E-state index contributed by atoms with van der Waals surface area (Å²) in [6, 6.07) is 4.66. The molecule has 0 spiro atoms. The molecule has 2 aromatic rings. The molecule has 0 aliphatic rings. The lowest BCUT2D eigenvalue weighted by molar-refractivity contribution is 0.568. The van der Waals surface area contributed by atoms with Gasteiger partial charge in [0.2, 0.25) is 12.3 Å². The summed E-state index contributed by atoms with van der Waals surface area (Å²) in [5, 5.41) is 7.26. The van der Waals surface area contributed by atoms with Crippen LogP contribution in [0.2, 0.25) is 0 Å². The molecule has 0 bridgehead atoms. The van der Waals surface area contributed by atoms with Crippen LogP contribution in [0, 0.1) is 12.7 Å². The molecule has 1 heterocycles. The molecule has 0 atom stereocenters. The standard InChI is InChI=1S/C9H7FN2O/c1-6-4-7(2-3-8(6)10)9-12-11-5-13-9/h2-5H,1H3. The van der Waals surface area contributed by atoms with Gasteiger partial charge in [-0.3, -0.25) is 0 Å². The lowest BCUT2D eigenvalue weighted by Gasteiger charge is -1.97. The van der Waals surface area contributed by atoms with Crippen LogP contribution in [0.25, 0.3) is 11.5 Å². The third kappa shape index (κ3) is 1.42. The first kappa shape index (κ1) is 7.91. The number of aromatic nitrogens is 2. The molecule has 0 fully saturated rings. The van der Waals surface area contributed by atoms with E-state index >= 15 is 0 Å². The van der Waals surface area contributed by atoms with E-state index in [1.165, 1.54) is 12.5 Å². The van der Waals surface area contributed by atoms with Crippen LogP contribution in [0.15, 0.2) is 29.0 Å². The average Bonchev–Trinajstić information content (AvgIpc) is 2.62. The van der Waals surface area contributed by atoms with Crippen LogP contribution < -0.4 is 0 Å². The van der Waals surface area contributed by atoms with Gasteiger partial charge in [-0.2, -0.15) is 0 Å². The molecule has 0 aliphatic carbocycles. The molecule has 2 rings (SSSR count). The summed E-state index contributed by atoms with van der Waals surface area (Å²) in [5.41, 5.74) is 1.30. The number of halogens is 1. The van der Waals surface area contributed by atoms with Crippen molar-refractivity contribution in [3.63, 3.8) is 0 Å². The van der Waals surface area contributed by atoms with Crippen molar-refractivity contribution in [3.8, 4) is 11.5 Å². The van der Waals surface area contributed by atoms with Crippen molar-refractivity contribution in [1.29, 1.82) is 0 Å². The van der Waals surface area contributed by atoms with Crippen molar-refractivity contribution < 1.29 is 8.81 Å². The molecule has 0 unspecified atom stereocenters. The Labute approximate surface area is 74.2 Å². The van der Waals surface area contributed by atoms with Gasteiger partial charge in [-0.15, -0.1) is 10.2 Å². The zero-order chi connectivity index (χ0) is 9.26. The number of hydrogen-bond donors (Lipinski definition) is 0. The average molecular weight is 178 g/mol. The summed E-state index contributed by atoms with van der Waals surface area (Å²) in [7, 11) is 0. The van der Waals surface area contributed by atoms with Crippen LogP contribution >= 0.6 is 0 Å². The topological polar surface area (TPSA) is 38.9 Å². The van der Waals surface area contributed by atoms with Gasteiger partial charge in [0.1, 0.15) is 5.82 Å². The largest absolute Gasteiger partial charge is 0.423 e. The van der Waals surface area contributed by atoms with Gasteiger partial charge in [0.25, 0.3) is 0 Å². The zero-order valence-electron chi connectivity index (χ0n) is 6.99. The fourth-order valence-electron chi connectivity index (χ4n) is 1.08. The highest BCUT2D eigenvalue weighted by molar-refractivity contribution is 5.53. The Hall–Kier alpha value is -1.71. The van der Waals surface area contributed by atoms with Gasteiger partial charge in [-0.1, -0.05) is 0 Å². The fourth-order valence-corrected chi connectivity index (χ4v) is 1.08. The first-order valence-corrected chi connectivity index (χ1v) is 3.80. The van der Waals surface area contributed by atoms with E-state index in [1.54, 1.807) is 19.1 Å². The number of aryl methyl sites for hydroxylation is 1. The molecule has 0 saturated heterocycles. The predicted octanol–water partition coefficient (Wildman–Crippen LogP) is 2.18. The monoisotopic (exact) mass is 178 g/mol. The van der Waals surface area contributed by atoms with Gasteiger partial charge in [0.15, 0.2) is 0 Å². The molecule has 66 valence electrons. The first-order chi connectivity index (χ1) is 6.27. The van der Waals surface area contributed by atoms with Gasteiger partial charge < -0.3 is 4.42 Å². The second kappa shape index (κ2) is 2.97. The SMILES string of the molecule is Cc1cc(-c2nnco2)ccc1F. The van der Waals surface area contributed by atoms with Gasteiger partial charge in [-0.25, -0.2) is 4.39 Å². The Morgan fingerprint density at radius 2 is 2.23 bits per heavy atom. The summed E-state index contributed by atoms with van der Waals surface area (Å²) >= 11 is 0. The van der Waals surface area contributed by atoms with Gasteiger partial charge >= 0.3 is 0 Å². The second-order valence-electron chi connectivity index (χ2n) is 2.71. The summed E-state index contributed by atoms with van der Waals surface area (Å²) in [4.78, 5) is 0. The van der Waals surface area contributed by atoms with E-state index in [1.807, 2.05) is 0 Å². The smallest absolute Gasteiger partial charge is 0.247 e. The Morgan fingerprint density at radius 1 is 1.38 bits per heavy atom. The van der Waals surface area contributed by atoms with Gasteiger partial charge in [-0.05, 0) is 30.7 Å². The third-order valence-corrected chi connectivity index (χ3v) is 1.76. The van der Waals surface area contributed by atoms with E-state index in [-0.39, 0.29) is 5.82 Å². The highest BCUT2D eigenvalue weighted by Gasteiger charge is 2.05.